The summed E-state index contributed by atoms with van der Waals surface area (Å²) in [5.41, 5.74) is 2.63. The number of nitrogens with one attached hydrogen (secondary N) is 1. The SMILES string of the molecule is CCCc1ccc(C(NCC)c2ccc(Br)o2)cc1. The average molecular weight is 322 g/mol. The molecule has 3 heteroatoms. The molecular weight excluding hydrogens is 302 g/mol. The molecule has 0 amide bonds. The molecule has 2 rings (SSSR count). The number of hydrogen-bond donors (Lipinski definition) is 1. The minimum absolute atomic E-state index is 0.118. The van der Waals surface area contributed by atoms with E-state index in [1.54, 1.807) is 0 Å². The largest absolute Gasteiger partial charge is 0.452 e. The lowest BCUT2D eigenvalue weighted by Gasteiger charge is -2.16. The summed E-state index contributed by atoms with van der Waals surface area (Å²) in [5.74, 6) is 0.942. The van der Waals surface area contributed by atoms with Crippen molar-refractivity contribution in [2.45, 2.75) is 32.7 Å². The van der Waals surface area contributed by atoms with Gasteiger partial charge >= 0.3 is 0 Å². The standard InChI is InChI=1S/C16H20BrNO/c1-3-5-12-6-8-13(9-7-12)16(18-4-2)14-10-11-15(17)19-14/h6-11,16,18H,3-5H2,1-2H3. The summed E-state index contributed by atoms with van der Waals surface area (Å²) >= 11 is 3.36. The van der Waals surface area contributed by atoms with E-state index in [4.69, 9.17) is 4.42 Å². The molecule has 0 saturated carbocycles. The summed E-state index contributed by atoms with van der Waals surface area (Å²) in [6.07, 6.45) is 2.32. The topological polar surface area (TPSA) is 25.2 Å². The molecule has 2 nitrogen and oxygen atoms in total. The first kappa shape index (κ1) is 14.4. The van der Waals surface area contributed by atoms with Gasteiger partial charge in [-0.3, -0.25) is 0 Å². The van der Waals surface area contributed by atoms with Crippen molar-refractivity contribution in [3.63, 3.8) is 0 Å². The van der Waals surface area contributed by atoms with E-state index < -0.39 is 0 Å². The Hall–Kier alpha value is -1.06. The highest BCUT2D eigenvalue weighted by Crippen LogP contribution is 2.26. The van der Waals surface area contributed by atoms with Crippen molar-refractivity contribution >= 4 is 15.9 Å². The van der Waals surface area contributed by atoms with Gasteiger partial charge in [0.05, 0.1) is 6.04 Å². The second kappa shape index (κ2) is 6.92. The normalized spacial score (nSPS) is 12.6. The maximum Gasteiger partial charge on any atom is 0.169 e. The maximum absolute atomic E-state index is 5.68. The first-order chi connectivity index (χ1) is 9.24. The Morgan fingerprint density at radius 2 is 1.84 bits per heavy atom. The van der Waals surface area contributed by atoms with Gasteiger partial charge in [0.25, 0.3) is 0 Å². The predicted molar refractivity (Wildman–Crippen MR) is 82.4 cm³/mol. The third-order valence-electron chi connectivity index (χ3n) is 3.14. The average Bonchev–Trinajstić information content (AvgIpc) is 2.84. The fourth-order valence-corrected chi connectivity index (χ4v) is 2.55. The highest BCUT2D eigenvalue weighted by Gasteiger charge is 2.16. The Kier molecular flexibility index (Phi) is 5.23. The molecular formula is C16H20BrNO. The summed E-state index contributed by atoms with van der Waals surface area (Å²) in [5, 5.41) is 3.47. The maximum atomic E-state index is 5.68. The van der Waals surface area contributed by atoms with E-state index in [1.807, 2.05) is 12.1 Å². The fraction of sp³-hybridized carbons (Fsp3) is 0.375. The van der Waals surface area contributed by atoms with Gasteiger partial charge in [-0.05, 0) is 52.2 Å². The Morgan fingerprint density at radius 3 is 2.37 bits per heavy atom. The van der Waals surface area contributed by atoms with Gasteiger partial charge in [-0.2, -0.15) is 0 Å². The van der Waals surface area contributed by atoms with Gasteiger partial charge in [0.2, 0.25) is 0 Å². The number of hydrogen-bond acceptors (Lipinski definition) is 2. The van der Waals surface area contributed by atoms with Crippen LogP contribution in [0.4, 0.5) is 0 Å². The Balaban J connectivity index is 2.23. The van der Waals surface area contributed by atoms with Crippen molar-refractivity contribution in [1.82, 2.24) is 5.32 Å². The molecule has 0 aliphatic rings. The van der Waals surface area contributed by atoms with E-state index in [2.05, 4.69) is 59.4 Å². The van der Waals surface area contributed by atoms with Crippen molar-refractivity contribution in [2.24, 2.45) is 0 Å². The lowest BCUT2D eigenvalue weighted by atomic mass is 10.0. The van der Waals surface area contributed by atoms with E-state index in [0.29, 0.717) is 0 Å². The number of benzene rings is 1. The first-order valence-electron chi connectivity index (χ1n) is 6.82. The van der Waals surface area contributed by atoms with E-state index in [0.717, 1.165) is 23.4 Å². The van der Waals surface area contributed by atoms with Gasteiger partial charge in [-0.1, -0.05) is 44.5 Å². The number of aryl methyl sites for hydroxylation is 1. The van der Waals surface area contributed by atoms with Crippen LogP contribution in [0.2, 0.25) is 0 Å². The lowest BCUT2D eigenvalue weighted by Crippen LogP contribution is -2.21. The zero-order valence-corrected chi connectivity index (χ0v) is 13.0. The van der Waals surface area contributed by atoms with Crippen LogP contribution in [0.5, 0.6) is 0 Å². The van der Waals surface area contributed by atoms with Gasteiger partial charge < -0.3 is 9.73 Å². The lowest BCUT2D eigenvalue weighted by molar-refractivity contribution is 0.437. The van der Waals surface area contributed by atoms with Gasteiger partial charge in [0.15, 0.2) is 4.67 Å². The Morgan fingerprint density at radius 1 is 1.11 bits per heavy atom. The second-order valence-corrected chi connectivity index (χ2v) is 5.41. The Labute approximate surface area is 123 Å². The van der Waals surface area contributed by atoms with Gasteiger partial charge in [-0.15, -0.1) is 0 Å². The zero-order chi connectivity index (χ0) is 13.7. The van der Waals surface area contributed by atoms with E-state index in [-0.39, 0.29) is 6.04 Å². The van der Waals surface area contributed by atoms with Crippen LogP contribution in [0.15, 0.2) is 45.5 Å². The number of furan rings is 1. The summed E-state index contributed by atoms with van der Waals surface area (Å²) < 4.78 is 6.46. The molecule has 1 N–H and O–H groups in total. The minimum atomic E-state index is 0.118. The fourth-order valence-electron chi connectivity index (χ4n) is 2.24. The van der Waals surface area contributed by atoms with Crippen LogP contribution < -0.4 is 5.32 Å². The van der Waals surface area contributed by atoms with E-state index >= 15 is 0 Å². The summed E-state index contributed by atoms with van der Waals surface area (Å²) in [6, 6.07) is 12.9. The molecule has 0 fully saturated rings. The van der Waals surface area contributed by atoms with Gasteiger partial charge in [-0.25, -0.2) is 0 Å². The quantitative estimate of drug-likeness (QED) is 0.834. The van der Waals surface area contributed by atoms with Crippen molar-refractivity contribution in [2.75, 3.05) is 6.54 Å². The van der Waals surface area contributed by atoms with E-state index in [9.17, 15) is 0 Å². The van der Waals surface area contributed by atoms with Gasteiger partial charge in [0, 0.05) is 0 Å². The summed E-state index contributed by atoms with van der Waals surface area (Å²) in [7, 11) is 0. The third-order valence-corrected chi connectivity index (χ3v) is 3.56. The molecule has 0 saturated heterocycles. The van der Waals surface area contributed by atoms with Crippen LogP contribution in [0.25, 0.3) is 0 Å². The molecule has 0 aliphatic heterocycles. The van der Waals surface area contributed by atoms with Gasteiger partial charge in [0.1, 0.15) is 5.76 Å². The summed E-state index contributed by atoms with van der Waals surface area (Å²) in [4.78, 5) is 0. The molecule has 102 valence electrons. The molecule has 19 heavy (non-hydrogen) atoms. The molecule has 1 heterocycles. The smallest absolute Gasteiger partial charge is 0.169 e. The van der Waals surface area contributed by atoms with Crippen molar-refractivity contribution < 1.29 is 4.42 Å². The number of halogens is 1. The molecule has 2 aromatic rings. The second-order valence-electron chi connectivity index (χ2n) is 4.62. The summed E-state index contributed by atoms with van der Waals surface area (Å²) in [6.45, 7) is 5.21. The van der Waals surface area contributed by atoms with E-state index in [1.165, 1.54) is 17.5 Å². The van der Waals surface area contributed by atoms with Crippen molar-refractivity contribution in [3.8, 4) is 0 Å². The van der Waals surface area contributed by atoms with Crippen molar-refractivity contribution in [1.29, 1.82) is 0 Å². The molecule has 0 radical (unpaired) electrons. The monoisotopic (exact) mass is 321 g/mol. The highest BCUT2D eigenvalue weighted by atomic mass is 79.9. The molecule has 0 spiro atoms. The molecule has 1 atom stereocenters. The third kappa shape index (κ3) is 3.71. The van der Waals surface area contributed by atoms with Crippen LogP contribution in [0.1, 0.15) is 43.2 Å². The number of rotatable bonds is 6. The van der Waals surface area contributed by atoms with Crippen LogP contribution >= 0.6 is 15.9 Å². The minimum Gasteiger partial charge on any atom is -0.452 e. The predicted octanol–water partition coefficient (Wildman–Crippen LogP) is 4.69. The Bertz CT molecular complexity index is 504. The molecule has 1 aromatic carbocycles. The van der Waals surface area contributed by atoms with Crippen LogP contribution in [-0.4, -0.2) is 6.54 Å². The molecule has 1 aromatic heterocycles. The van der Waals surface area contributed by atoms with Crippen molar-refractivity contribution in [3.05, 3.63) is 58.0 Å². The van der Waals surface area contributed by atoms with Crippen LogP contribution in [0, 0.1) is 0 Å². The van der Waals surface area contributed by atoms with Crippen LogP contribution in [-0.2, 0) is 6.42 Å². The highest BCUT2D eigenvalue weighted by molar-refractivity contribution is 9.10. The first-order valence-corrected chi connectivity index (χ1v) is 7.61. The molecule has 1 unspecified atom stereocenters. The molecule has 0 aliphatic carbocycles. The molecule has 0 bridgehead atoms. The van der Waals surface area contributed by atoms with Crippen LogP contribution in [0.3, 0.4) is 0 Å². The zero-order valence-electron chi connectivity index (χ0n) is 11.4.